The van der Waals surface area contributed by atoms with E-state index in [1.54, 1.807) is 6.07 Å². The first-order valence-corrected chi connectivity index (χ1v) is 9.64. The highest BCUT2D eigenvalue weighted by atomic mass is 16.2. The second kappa shape index (κ2) is 7.30. The third kappa shape index (κ3) is 3.80. The maximum Gasteiger partial charge on any atom is 0.248 e. The summed E-state index contributed by atoms with van der Waals surface area (Å²) in [5.41, 5.74) is 2.13. The maximum absolute atomic E-state index is 12.7. The molecule has 0 aromatic carbocycles. The number of aromatic nitrogens is 1. The molecule has 3 aliphatic rings. The van der Waals surface area contributed by atoms with Crippen molar-refractivity contribution in [2.24, 2.45) is 0 Å². The van der Waals surface area contributed by atoms with Gasteiger partial charge < -0.3 is 9.88 Å². The molecule has 0 unspecified atom stereocenters. The monoisotopic (exact) mass is 344 g/mol. The standard InChI is InChI=1S/C19H28N4O2/c24-18-6-5-15-13-21(8-7-17(15)20-18)14-19(25)23-11-9-22(10-12-23)16-3-1-2-4-16/h5-6,16H,1-4,7-14H2,(H,20,24). The van der Waals surface area contributed by atoms with E-state index in [9.17, 15) is 9.59 Å². The Balaban J connectivity index is 1.28. The minimum atomic E-state index is -0.0385. The van der Waals surface area contributed by atoms with Crippen molar-refractivity contribution >= 4 is 5.91 Å². The van der Waals surface area contributed by atoms with Gasteiger partial charge in [-0.1, -0.05) is 18.9 Å². The van der Waals surface area contributed by atoms with E-state index in [1.165, 1.54) is 25.7 Å². The number of amides is 1. The van der Waals surface area contributed by atoms with E-state index in [2.05, 4.69) is 14.8 Å². The van der Waals surface area contributed by atoms with Gasteiger partial charge in [0.25, 0.3) is 0 Å². The molecule has 0 radical (unpaired) electrons. The number of hydrogen-bond acceptors (Lipinski definition) is 4. The number of nitrogens with one attached hydrogen (secondary N) is 1. The molecule has 1 saturated heterocycles. The van der Waals surface area contributed by atoms with Gasteiger partial charge in [-0.2, -0.15) is 0 Å². The summed E-state index contributed by atoms with van der Waals surface area (Å²) in [5, 5.41) is 0. The summed E-state index contributed by atoms with van der Waals surface area (Å²) in [7, 11) is 0. The second-order valence-corrected chi connectivity index (χ2v) is 7.64. The molecule has 1 aromatic rings. The maximum atomic E-state index is 12.7. The molecule has 0 spiro atoms. The lowest BCUT2D eigenvalue weighted by molar-refractivity contribution is -0.134. The van der Waals surface area contributed by atoms with E-state index in [-0.39, 0.29) is 11.5 Å². The van der Waals surface area contributed by atoms with Crippen LogP contribution in [0.3, 0.4) is 0 Å². The second-order valence-electron chi connectivity index (χ2n) is 7.64. The number of aromatic amines is 1. The minimum Gasteiger partial charge on any atom is -0.339 e. The van der Waals surface area contributed by atoms with Gasteiger partial charge in [-0.15, -0.1) is 0 Å². The molecule has 1 aromatic heterocycles. The third-order valence-corrected chi connectivity index (χ3v) is 6.04. The van der Waals surface area contributed by atoms with Gasteiger partial charge in [0.05, 0.1) is 6.54 Å². The first kappa shape index (κ1) is 16.8. The van der Waals surface area contributed by atoms with E-state index in [0.717, 1.165) is 63.0 Å². The van der Waals surface area contributed by atoms with E-state index in [4.69, 9.17) is 0 Å². The van der Waals surface area contributed by atoms with Gasteiger partial charge in [0.1, 0.15) is 0 Å². The first-order chi connectivity index (χ1) is 12.2. The highest BCUT2D eigenvalue weighted by Gasteiger charge is 2.29. The Morgan fingerprint density at radius 2 is 1.84 bits per heavy atom. The van der Waals surface area contributed by atoms with Crippen molar-refractivity contribution in [1.29, 1.82) is 0 Å². The number of rotatable bonds is 3. The number of fused-ring (bicyclic) bond motifs is 1. The molecular weight excluding hydrogens is 316 g/mol. The van der Waals surface area contributed by atoms with Crippen LogP contribution in [-0.4, -0.2) is 70.9 Å². The van der Waals surface area contributed by atoms with Gasteiger partial charge >= 0.3 is 0 Å². The van der Waals surface area contributed by atoms with Gasteiger partial charge in [-0.05, 0) is 18.4 Å². The Kier molecular flexibility index (Phi) is 4.90. The van der Waals surface area contributed by atoms with Crippen molar-refractivity contribution in [2.75, 3.05) is 39.3 Å². The Bertz CT molecular complexity index is 672. The molecular formula is C19H28N4O2. The average Bonchev–Trinajstić information content (AvgIpc) is 3.17. The summed E-state index contributed by atoms with van der Waals surface area (Å²) in [5.74, 6) is 0.249. The van der Waals surface area contributed by atoms with Crippen LogP contribution in [0, 0.1) is 0 Å². The number of carbonyl (C=O) groups excluding carboxylic acids is 1. The lowest BCUT2D eigenvalue weighted by atomic mass is 10.1. The van der Waals surface area contributed by atoms with Gasteiger partial charge in [-0.25, -0.2) is 0 Å². The molecule has 2 fully saturated rings. The predicted octanol–water partition coefficient (Wildman–Crippen LogP) is 0.820. The fourth-order valence-corrected chi connectivity index (χ4v) is 4.54. The molecule has 6 heteroatoms. The topological polar surface area (TPSA) is 59.7 Å². The zero-order valence-electron chi connectivity index (χ0n) is 14.9. The highest BCUT2D eigenvalue weighted by molar-refractivity contribution is 5.78. The van der Waals surface area contributed by atoms with Gasteiger partial charge in [0.2, 0.25) is 11.5 Å². The summed E-state index contributed by atoms with van der Waals surface area (Å²) >= 11 is 0. The van der Waals surface area contributed by atoms with Crippen LogP contribution >= 0.6 is 0 Å². The van der Waals surface area contributed by atoms with Crippen LogP contribution in [0.25, 0.3) is 0 Å². The summed E-state index contributed by atoms with van der Waals surface area (Å²) < 4.78 is 0. The molecule has 1 saturated carbocycles. The van der Waals surface area contributed by atoms with E-state index < -0.39 is 0 Å². The number of pyridine rings is 1. The van der Waals surface area contributed by atoms with Crippen molar-refractivity contribution in [3.05, 3.63) is 33.7 Å². The number of carbonyl (C=O) groups is 1. The van der Waals surface area contributed by atoms with Gasteiger partial charge in [-0.3, -0.25) is 19.4 Å². The molecule has 0 atom stereocenters. The van der Waals surface area contributed by atoms with Crippen LogP contribution in [0.4, 0.5) is 0 Å². The third-order valence-electron chi connectivity index (χ3n) is 6.04. The fraction of sp³-hybridized carbons (Fsp3) is 0.684. The number of H-pyrrole nitrogens is 1. The molecule has 0 bridgehead atoms. The van der Waals surface area contributed by atoms with Crippen LogP contribution < -0.4 is 5.56 Å². The quantitative estimate of drug-likeness (QED) is 0.882. The molecule has 4 rings (SSSR count). The van der Waals surface area contributed by atoms with Crippen LogP contribution in [0.2, 0.25) is 0 Å². The molecule has 2 aliphatic heterocycles. The highest BCUT2D eigenvalue weighted by Crippen LogP contribution is 2.24. The summed E-state index contributed by atoms with van der Waals surface area (Å²) in [6.45, 7) is 5.86. The Morgan fingerprint density at radius 1 is 1.08 bits per heavy atom. The van der Waals surface area contributed by atoms with Crippen molar-refractivity contribution in [3.8, 4) is 0 Å². The lowest BCUT2D eigenvalue weighted by Gasteiger charge is -2.39. The van der Waals surface area contributed by atoms with Gasteiger partial charge in [0, 0.05) is 63.5 Å². The largest absolute Gasteiger partial charge is 0.339 e. The molecule has 1 N–H and O–H groups in total. The Hall–Kier alpha value is -1.66. The first-order valence-electron chi connectivity index (χ1n) is 9.64. The molecule has 1 aliphatic carbocycles. The van der Waals surface area contributed by atoms with Crippen LogP contribution in [-0.2, 0) is 17.8 Å². The minimum absolute atomic E-state index is 0.0385. The summed E-state index contributed by atoms with van der Waals surface area (Å²) in [6.07, 6.45) is 6.22. The predicted molar refractivity (Wildman–Crippen MR) is 96.5 cm³/mol. The van der Waals surface area contributed by atoms with Crippen molar-refractivity contribution in [1.82, 2.24) is 19.7 Å². The number of nitrogens with zero attached hydrogens (tertiary/aromatic N) is 3. The molecule has 3 heterocycles. The van der Waals surface area contributed by atoms with E-state index >= 15 is 0 Å². The molecule has 6 nitrogen and oxygen atoms in total. The molecule has 25 heavy (non-hydrogen) atoms. The van der Waals surface area contributed by atoms with Crippen LogP contribution in [0.5, 0.6) is 0 Å². The molecule has 136 valence electrons. The molecule has 1 amide bonds. The zero-order valence-corrected chi connectivity index (χ0v) is 14.9. The Morgan fingerprint density at radius 3 is 2.60 bits per heavy atom. The summed E-state index contributed by atoms with van der Waals surface area (Å²) in [4.78, 5) is 33.8. The van der Waals surface area contributed by atoms with E-state index in [1.807, 2.05) is 11.0 Å². The van der Waals surface area contributed by atoms with Crippen LogP contribution in [0.15, 0.2) is 16.9 Å². The normalized spacial score (nSPS) is 23.0. The van der Waals surface area contributed by atoms with Crippen LogP contribution in [0.1, 0.15) is 36.9 Å². The van der Waals surface area contributed by atoms with E-state index in [0.29, 0.717) is 6.54 Å². The lowest BCUT2D eigenvalue weighted by Crippen LogP contribution is -2.53. The zero-order chi connectivity index (χ0) is 17.2. The fourth-order valence-electron chi connectivity index (χ4n) is 4.54. The number of piperazine rings is 1. The van der Waals surface area contributed by atoms with Crippen molar-refractivity contribution in [2.45, 2.75) is 44.7 Å². The average molecular weight is 344 g/mol. The smallest absolute Gasteiger partial charge is 0.248 e. The SMILES string of the molecule is O=C(CN1CCc2[nH]c(=O)ccc2C1)N1CCN(C2CCCC2)CC1. The van der Waals surface area contributed by atoms with Crippen molar-refractivity contribution < 1.29 is 4.79 Å². The summed E-state index contributed by atoms with van der Waals surface area (Å²) in [6, 6.07) is 4.23. The Labute approximate surface area is 148 Å². The van der Waals surface area contributed by atoms with Crippen molar-refractivity contribution in [3.63, 3.8) is 0 Å². The number of hydrogen-bond donors (Lipinski definition) is 1. The van der Waals surface area contributed by atoms with Gasteiger partial charge in [0.15, 0.2) is 0 Å².